The lowest BCUT2D eigenvalue weighted by atomic mass is 10.0. The molecule has 0 N–H and O–H groups in total. The van der Waals surface area contributed by atoms with Crippen LogP contribution in [-0.4, -0.2) is 32.1 Å². The maximum absolute atomic E-state index is 11.7. The smallest absolute Gasteiger partial charge is 0.314 e. The van der Waals surface area contributed by atoms with Crippen LogP contribution in [-0.2, 0) is 19.0 Å². The Morgan fingerprint density at radius 1 is 1.00 bits per heavy atom. The Bertz CT molecular complexity index is 176. The van der Waals surface area contributed by atoms with E-state index in [0.717, 1.165) is 12.8 Å². The first-order valence-electron chi connectivity index (χ1n) is 6.10. The number of hydrogen-bond acceptors (Lipinski definition) is 4. The molecule has 1 unspecified atom stereocenters. The summed E-state index contributed by atoms with van der Waals surface area (Å²) in [6.45, 7) is 9.07. The van der Waals surface area contributed by atoms with Crippen LogP contribution in [0.3, 0.4) is 0 Å². The molecule has 1 atom stereocenters. The van der Waals surface area contributed by atoms with Crippen LogP contribution in [0.1, 0.15) is 40.5 Å². The van der Waals surface area contributed by atoms with Crippen LogP contribution >= 0.6 is 0 Å². The first-order valence-corrected chi connectivity index (χ1v) is 6.10. The molecule has 0 aromatic carbocycles. The van der Waals surface area contributed by atoms with Gasteiger partial charge in [-0.25, -0.2) is 0 Å². The fraction of sp³-hybridized carbons (Fsp3) is 0.917. The average Bonchev–Trinajstić information content (AvgIpc) is 2.26. The van der Waals surface area contributed by atoms with Gasteiger partial charge in [-0.1, -0.05) is 13.3 Å². The molecule has 96 valence electrons. The van der Waals surface area contributed by atoms with Crippen molar-refractivity contribution >= 4 is 5.97 Å². The van der Waals surface area contributed by atoms with E-state index < -0.39 is 6.29 Å². The Balaban J connectivity index is 4.47. The first-order chi connectivity index (χ1) is 7.71. The largest absolute Gasteiger partial charge is 0.466 e. The first kappa shape index (κ1) is 15.4. The fourth-order valence-corrected chi connectivity index (χ4v) is 1.53. The van der Waals surface area contributed by atoms with Gasteiger partial charge >= 0.3 is 5.97 Å². The van der Waals surface area contributed by atoms with E-state index in [4.69, 9.17) is 14.2 Å². The highest BCUT2D eigenvalue weighted by Crippen LogP contribution is 2.18. The fourth-order valence-electron chi connectivity index (χ4n) is 1.53. The maximum atomic E-state index is 11.7. The van der Waals surface area contributed by atoms with E-state index in [1.165, 1.54) is 0 Å². The zero-order chi connectivity index (χ0) is 12.4. The van der Waals surface area contributed by atoms with Crippen LogP contribution < -0.4 is 0 Å². The van der Waals surface area contributed by atoms with Gasteiger partial charge in [0.1, 0.15) is 5.92 Å². The Morgan fingerprint density at radius 2 is 1.56 bits per heavy atom. The van der Waals surface area contributed by atoms with Gasteiger partial charge in [-0.3, -0.25) is 4.79 Å². The van der Waals surface area contributed by atoms with Crippen molar-refractivity contribution in [3.05, 3.63) is 0 Å². The van der Waals surface area contributed by atoms with Gasteiger partial charge in [0.2, 0.25) is 0 Å². The number of ether oxygens (including phenoxy) is 3. The topological polar surface area (TPSA) is 44.8 Å². The quantitative estimate of drug-likeness (QED) is 0.452. The van der Waals surface area contributed by atoms with Gasteiger partial charge in [-0.05, 0) is 27.2 Å². The second kappa shape index (κ2) is 9.60. The molecule has 0 aliphatic heterocycles. The van der Waals surface area contributed by atoms with Gasteiger partial charge in [-0.15, -0.1) is 0 Å². The molecule has 4 nitrogen and oxygen atoms in total. The van der Waals surface area contributed by atoms with Crippen molar-refractivity contribution in [3.63, 3.8) is 0 Å². The molecule has 0 aliphatic carbocycles. The molecule has 0 bridgehead atoms. The maximum Gasteiger partial charge on any atom is 0.314 e. The highest BCUT2D eigenvalue weighted by Gasteiger charge is 2.29. The monoisotopic (exact) mass is 232 g/mol. The van der Waals surface area contributed by atoms with Gasteiger partial charge < -0.3 is 14.2 Å². The summed E-state index contributed by atoms with van der Waals surface area (Å²) in [5, 5.41) is 0. The SMILES string of the molecule is CCCC(C(=O)OCC)C(OCC)OCC. The third-order valence-electron chi connectivity index (χ3n) is 2.18. The molecule has 0 aromatic heterocycles. The number of hydrogen-bond donors (Lipinski definition) is 0. The van der Waals surface area contributed by atoms with Crippen molar-refractivity contribution in [2.75, 3.05) is 19.8 Å². The molecule has 0 aromatic rings. The van der Waals surface area contributed by atoms with Crippen LogP contribution in [0.2, 0.25) is 0 Å². The number of carbonyl (C=O) groups is 1. The molecular formula is C12H24O4. The summed E-state index contributed by atoms with van der Waals surface area (Å²) in [7, 11) is 0. The Morgan fingerprint density at radius 3 is 1.94 bits per heavy atom. The number of carbonyl (C=O) groups excluding carboxylic acids is 1. The lowest BCUT2D eigenvalue weighted by molar-refractivity contribution is -0.190. The number of rotatable bonds is 9. The van der Waals surface area contributed by atoms with Crippen LogP contribution in [0.15, 0.2) is 0 Å². The molecule has 0 heterocycles. The summed E-state index contributed by atoms with van der Waals surface area (Å²) in [4.78, 5) is 11.7. The highest BCUT2D eigenvalue weighted by atomic mass is 16.7. The summed E-state index contributed by atoms with van der Waals surface area (Å²) < 4.78 is 15.9. The third kappa shape index (κ3) is 5.47. The van der Waals surface area contributed by atoms with E-state index in [-0.39, 0.29) is 11.9 Å². The number of esters is 1. The summed E-state index contributed by atoms with van der Waals surface area (Å²) in [5.41, 5.74) is 0. The van der Waals surface area contributed by atoms with Gasteiger partial charge in [0.15, 0.2) is 6.29 Å². The van der Waals surface area contributed by atoms with Gasteiger partial charge in [0.25, 0.3) is 0 Å². The van der Waals surface area contributed by atoms with E-state index >= 15 is 0 Å². The van der Waals surface area contributed by atoms with Gasteiger partial charge in [0.05, 0.1) is 6.61 Å². The Hall–Kier alpha value is -0.610. The second-order valence-corrected chi connectivity index (χ2v) is 3.43. The average molecular weight is 232 g/mol. The predicted octanol–water partition coefficient (Wildman–Crippen LogP) is 2.36. The van der Waals surface area contributed by atoms with Crippen molar-refractivity contribution in [3.8, 4) is 0 Å². The van der Waals surface area contributed by atoms with Gasteiger partial charge in [0, 0.05) is 13.2 Å². The van der Waals surface area contributed by atoms with Crippen molar-refractivity contribution in [2.24, 2.45) is 5.92 Å². The molecule has 0 saturated carbocycles. The van der Waals surface area contributed by atoms with Crippen molar-refractivity contribution in [2.45, 2.75) is 46.8 Å². The zero-order valence-electron chi connectivity index (χ0n) is 10.8. The minimum Gasteiger partial charge on any atom is -0.466 e. The lowest BCUT2D eigenvalue weighted by Crippen LogP contribution is -2.34. The highest BCUT2D eigenvalue weighted by molar-refractivity contribution is 5.72. The molecule has 0 spiro atoms. The second-order valence-electron chi connectivity index (χ2n) is 3.43. The Labute approximate surface area is 98.3 Å². The van der Waals surface area contributed by atoms with Crippen molar-refractivity contribution < 1.29 is 19.0 Å². The van der Waals surface area contributed by atoms with E-state index in [1.54, 1.807) is 6.92 Å². The minimum absolute atomic E-state index is 0.226. The van der Waals surface area contributed by atoms with E-state index in [9.17, 15) is 4.79 Å². The molecule has 0 fully saturated rings. The molecule has 0 aliphatic rings. The molecule has 0 rings (SSSR count). The molecule has 4 heteroatoms. The third-order valence-corrected chi connectivity index (χ3v) is 2.18. The summed E-state index contributed by atoms with van der Waals surface area (Å²) in [5.74, 6) is -0.541. The predicted molar refractivity (Wildman–Crippen MR) is 62.1 cm³/mol. The molecule has 16 heavy (non-hydrogen) atoms. The lowest BCUT2D eigenvalue weighted by Gasteiger charge is -2.24. The Kier molecular flexibility index (Phi) is 9.24. The molecule has 0 saturated heterocycles. The zero-order valence-corrected chi connectivity index (χ0v) is 10.8. The van der Waals surface area contributed by atoms with Crippen LogP contribution in [0, 0.1) is 5.92 Å². The van der Waals surface area contributed by atoms with Crippen LogP contribution in [0.25, 0.3) is 0 Å². The van der Waals surface area contributed by atoms with E-state index in [2.05, 4.69) is 0 Å². The molecule has 0 amide bonds. The van der Waals surface area contributed by atoms with Crippen molar-refractivity contribution in [1.29, 1.82) is 0 Å². The summed E-state index contributed by atoms with van der Waals surface area (Å²) in [6.07, 6.45) is 1.15. The van der Waals surface area contributed by atoms with E-state index in [1.807, 2.05) is 20.8 Å². The summed E-state index contributed by atoms with van der Waals surface area (Å²) in [6, 6.07) is 0. The van der Waals surface area contributed by atoms with Crippen LogP contribution in [0.5, 0.6) is 0 Å². The van der Waals surface area contributed by atoms with Crippen LogP contribution in [0.4, 0.5) is 0 Å². The van der Waals surface area contributed by atoms with E-state index in [0.29, 0.717) is 19.8 Å². The molecular weight excluding hydrogens is 208 g/mol. The molecule has 0 radical (unpaired) electrons. The standard InChI is InChI=1S/C12H24O4/c1-5-9-10(11(13)14-6-2)12(15-7-3)16-8-4/h10,12H,5-9H2,1-4H3. The van der Waals surface area contributed by atoms with Crippen molar-refractivity contribution in [1.82, 2.24) is 0 Å². The minimum atomic E-state index is -0.478. The summed E-state index contributed by atoms with van der Waals surface area (Å²) >= 11 is 0. The normalized spacial score (nSPS) is 12.8. The van der Waals surface area contributed by atoms with Gasteiger partial charge in [-0.2, -0.15) is 0 Å².